The number of hydrogen-bond donors (Lipinski definition) is 2. The number of aliphatic hydroxyl groups is 1. The van der Waals surface area contributed by atoms with Crippen LogP contribution in [0.2, 0.25) is 5.02 Å². The van der Waals surface area contributed by atoms with Gasteiger partial charge in [-0.15, -0.1) is 0 Å². The monoisotopic (exact) mass is 253 g/mol. The van der Waals surface area contributed by atoms with E-state index in [9.17, 15) is 5.11 Å². The molecular weight excluding hydrogens is 234 g/mol. The minimum atomic E-state index is -0.670. The second-order valence-corrected chi connectivity index (χ2v) is 5.76. The normalized spacial score (nSPS) is 29.3. The molecule has 1 aliphatic rings. The van der Waals surface area contributed by atoms with E-state index in [1.165, 1.54) is 0 Å². The zero-order valence-electron chi connectivity index (χ0n) is 10.2. The Hall–Kier alpha value is -0.570. The van der Waals surface area contributed by atoms with E-state index < -0.39 is 5.60 Å². The van der Waals surface area contributed by atoms with Gasteiger partial charge in [0.2, 0.25) is 0 Å². The maximum Gasteiger partial charge on any atom is 0.0703 e. The minimum absolute atomic E-state index is 0.123. The molecule has 0 radical (unpaired) electrons. The summed E-state index contributed by atoms with van der Waals surface area (Å²) in [4.78, 5) is 0. The highest BCUT2D eigenvalue weighted by Gasteiger charge is 2.33. The van der Waals surface area contributed by atoms with E-state index in [0.717, 1.165) is 35.4 Å². The first-order chi connectivity index (χ1) is 7.98. The lowest BCUT2D eigenvalue weighted by atomic mass is 9.78. The Balaban J connectivity index is 2.14. The lowest BCUT2D eigenvalue weighted by molar-refractivity contribution is -0.00189. The molecule has 0 aliphatic heterocycles. The molecule has 1 aromatic carbocycles. The quantitative estimate of drug-likeness (QED) is 0.852. The molecule has 94 valence electrons. The Kier molecular flexibility index (Phi) is 3.76. The number of hydrogen-bond acceptors (Lipinski definition) is 2. The fourth-order valence-electron chi connectivity index (χ4n) is 2.70. The van der Waals surface area contributed by atoms with E-state index in [1.54, 1.807) is 0 Å². The highest BCUT2D eigenvalue weighted by atomic mass is 35.5. The highest BCUT2D eigenvalue weighted by Crippen LogP contribution is 2.32. The summed E-state index contributed by atoms with van der Waals surface area (Å²) in [6.45, 7) is 2.01. The summed E-state index contributed by atoms with van der Waals surface area (Å²) in [6.07, 6.45) is 4.13. The zero-order chi connectivity index (χ0) is 12.5. The van der Waals surface area contributed by atoms with Gasteiger partial charge in [0, 0.05) is 17.5 Å². The molecule has 17 heavy (non-hydrogen) atoms. The van der Waals surface area contributed by atoms with Crippen LogP contribution in [0.5, 0.6) is 0 Å². The van der Waals surface area contributed by atoms with Crippen molar-refractivity contribution in [2.45, 2.75) is 50.7 Å². The van der Waals surface area contributed by atoms with Crippen molar-refractivity contribution in [3.8, 4) is 0 Å². The van der Waals surface area contributed by atoms with E-state index in [1.807, 2.05) is 25.1 Å². The third kappa shape index (κ3) is 3.21. The summed E-state index contributed by atoms with van der Waals surface area (Å²) in [5, 5.41) is 11.3. The third-order valence-electron chi connectivity index (χ3n) is 3.59. The number of halogens is 1. The first kappa shape index (κ1) is 12.9. The van der Waals surface area contributed by atoms with Crippen molar-refractivity contribution in [3.05, 3.63) is 34.3 Å². The van der Waals surface area contributed by atoms with E-state index in [4.69, 9.17) is 17.3 Å². The number of nitrogens with two attached hydrogens (primary N) is 1. The van der Waals surface area contributed by atoms with Crippen LogP contribution in [0.15, 0.2) is 18.2 Å². The molecule has 0 saturated heterocycles. The van der Waals surface area contributed by atoms with Crippen LogP contribution in [0.3, 0.4) is 0 Å². The topological polar surface area (TPSA) is 46.2 Å². The lowest BCUT2D eigenvalue weighted by Crippen LogP contribution is -2.42. The first-order valence-corrected chi connectivity index (χ1v) is 6.59. The molecule has 0 spiro atoms. The van der Waals surface area contributed by atoms with Crippen molar-refractivity contribution < 1.29 is 5.11 Å². The third-order valence-corrected chi connectivity index (χ3v) is 3.94. The van der Waals surface area contributed by atoms with Gasteiger partial charge in [0.05, 0.1) is 5.60 Å². The van der Waals surface area contributed by atoms with Gasteiger partial charge in [-0.3, -0.25) is 0 Å². The molecule has 0 heterocycles. The van der Waals surface area contributed by atoms with Gasteiger partial charge in [-0.25, -0.2) is 0 Å². The molecule has 0 aromatic heterocycles. The summed E-state index contributed by atoms with van der Waals surface area (Å²) in [5.74, 6) is 0. The molecule has 2 rings (SSSR count). The minimum Gasteiger partial charge on any atom is -0.389 e. The molecule has 0 amide bonds. The van der Waals surface area contributed by atoms with Crippen LogP contribution in [0.1, 0.15) is 36.8 Å². The molecule has 3 N–H and O–H groups in total. The van der Waals surface area contributed by atoms with Crippen LogP contribution < -0.4 is 5.73 Å². The Morgan fingerprint density at radius 2 is 2.29 bits per heavy atom. The molecule has 1 saturated carbocycles. The molecule has 1 fully saturated rings. The Bertz CT molecular complexity index is 407. The predicted octanol–water partition coefficient (Wildman–Crippen LogP) is 2.82. The smallest absolute Gasteiger partial charge is 0.0703 e. The summed E-state index contributed by atoms with van der Waals surface area (Å²) < 4.78 is 0. The van der Waals surface area contributed by atoms with Crippen molar-refractivity contribution in [2.24, 2.45) is 5.73 Å². The number of benzene rings is 1. The van der Waals surface area contributed by atoms with E-state index >= 15 is 0 Å². The van der Waals surface area contributed by atoms with Gasteiger partial charge in [0.1, 0.15) is 0 Å². The van der Waals surface area contributed by atoms with Crippen molar-refractivity contribution in [2.75, 3.05) is 0 Å². The fraction of sp³-hybridized carbons (Fsp3) is 0.571. The molecular formula is C14H20ClNO. The van der Waals surface area contributed by atoms with Crippen LogP contribution in [0, 0.1) is 6.92 Å². The molecule has 1 aromatic rings. The Morgan fingerprint density at radius 1 is 1.53 bits per heavy atom. The van der Waals surface area contributed by atoms with Crippen molar-refractivity contribution in [1.29, 1.82) is 0 Å². The zero-order valence-corrected chi connectivity index (χ0v) is 11.0. The van der Waals surface area contributed by atoms with Crippen molar-refractivity contribution in [1.82, 2.24) is 0 Å². The van der Waals surface area contributed by atoms with Gasteiger partial charge in [-0.1, -0.05) is 23.7 Å². The van der Waals surface area contributed by atoms with E-state index in [0.29, 0.717) is 12.8 Å². The SMILES string of the molecule is Cc1ccc(CC2(O)CCCC(N)C2)c(Cl)c1. The van der Waals surface area contributed by atoms with Crippen molar-refractivity contribution >= 4 is 11.6 Å². The molecule has 3 heteroatoms. The molecule has 2 atom stereocenters. The van der Waals surface area contributed by atoms with E-state index in [-0.39, 0.29) is 6.04 Å². The van der Waals surface area contributed by atoms with Crippen LogP contribution in [0.4, 0.5) is 0 Å². The average Bonchev–Trinajstić information content (AvgIpc) is 2.22. The highest BCUT2D eigenvalue weighted by molar-refractivity contribution is 6.31. The van der Waals surface area contributed by atoms with Gasteiger partial charge in [0.15, 0.2) is 0 Å². The largest absolute Gasteiger partial charge is 0.389 e. The van der Waals surface area contributed by atoms with Crippen LogP contribution in [-0.4, -0.2) is 16.7 Å². The number of aryl methyl sites for hydroxylation is 1. The Labute approximate surface area is 108 Å². The maximum absolute atomic E-state index is 10.6. The first-order valence-electron chi connectivity index (χ1n) is 6.21. The van der Waals surface area contributed by atoms with Gasteiger partial charge in [0.25, 0.3) is 0 Å². The average molecular weight is 254 g/mol. The Morgan fingerprint density at radius 3 is 2.94 bits per heavy atom. The van der Waals surface area contributed by atoms with Crippen LogP contribution in [0.25, 0.3) is 0 Å². The maximum atomic E-state index is 10.6. The second kappa shape index (κ2) is 4.97. The molecule has 1 aliphatic carbocycles. The summed E-state index contributed by atoms with van der Waals surface area (Å²) in [7, 11) is 0. The summed E-state index contributed by atoms with van der Waals surface area (Å²) in [5.41, 5.74) is 7.43. The summed E-state index contributed by atoms with van der Waals surface area (Å²) in [6, 6.07) is 6.12. The predicted molar refractivity (Wildman–Crippen MR) is 71.3 cm³/mol. The molecule has 2 nitrogen and oxygen atoms in total. The van der Waals surface area contributed by atoms with Gasteiger partial charge in [-0.05, 0) is 49.8 Å². The van der Waals surface area contributed by atoms with Gasteiger partial charge in [-0.2, -0.15) is 0 Å². The van der Waals surface area contributed by atoms with Gasteiger partial charge < -0.3 is 10.8 Å². The fourth-order valence-corrected chi connectivity index (χ4v) is 3.00. The van der Waals surface area contributed by atoms with Crippen LogP contribution >= 0.6 is 11.6 Å². The van der Waals surface area contributed by atoms with Crippen LogP contribution in [-0.2, 0) is 6.42 Å². The van der Waals surface area contributed by atoms with Crippen molar-refractivity contribution in [3.63, 3.8) is 0 Å². The molecule has 2 unspecified atom stereocenters. The lowest BCUT2D eigenvalue weighted by Gasteiger charge is -2.35. The van der Waals surface area contributed by atoms with E-state index in [2.05, 4.69) is 0 Å². The second-order valence-electron chi connectivity index (χ2n) is 5.35. The standard InChI is InChI=1S/C14H20ClNO/c1-10-4-5-11(13(15)7-10)8-14(17)6-2-3-12(16)9-14/h4-5,7,12,17H,2-3,6,8-9,16H2,1H3. The number of rotatable bonds is 2. The van der Waals surface area contributed by atoms with Gasteiger partial charge >= 0.3 is 0 Å². The molecule has 0 bridgehead atoms. The summed E-state index contributed by atoms with van der Waals surface area (Å²) >= 11 is 6.20.